The maximum absolute atomic E-state index is 14.0. The van der Waals surface area contributed by atoms with Crippen LogP contribution < -0.4 is 0 Å². The summed E-state index contributed by atoms with van der Waals surface area (Å²) in [5.74, 6) is -0.654. The molecule has 1 atom stereocenters. The first kappa shape index (κ1) is 23.0. The van der Waals surface area contributed by atoms with Crippen LogP contribution in [0.3, 0.4) is 0 Å². The molecule has 4 nitrogen and oxygen atoms in total. The van der Waals surface area contributed by atoms with E-state index in [-0.39, 0.29) is 28.7 Å². The zero-order valence-electron chi connectivity index (χ0n) is 16.7. The minimum absolute atomic E-state index is 0.0349. The van der Waals surface area contributed by atoms with Crippen molar-refractivity contribution in [3.05, 3.63) is 34.0 Å². The second kappa shape index (κ2) is 7.83. The first-order chi connectivity index (χ1) is 12.7. The van der Waals surface area contributed by atoms with Crippen LogP contribution in [0.2, 0.25) is 18.1 Å². The first-order valence-corrected chi connectivity index (χ1v) is 12.5. The van der Waals surface area contributed by atoms with E-state index in [1.165, 1.54) is 12.1 Å². The number of fused-ring (bicyclic) bond motifs is 1. The van der Waals surface area contributed by atoms with Crippen molar-refractivity contribution in [2.75, 3.05) is 6.61 Å². The van der Waals surface area contributed by atoms with E-state index in [2.05, 4.69) is 15.9 Å². The highest BCUT2D eigenvalue weighted by molar-refractivity contribution is 9.10. The normalized spacial score (nSPS) is 14.4. The summed E-state index contributed by atoms with van der Waals surface area (Å²) in [6.07, 6.45) is -5.70. The number of esters is 1. The van der Waals surface area contributed by atoms with E-state index < -0.39 is 31.6 Å². The van der Waals surface area contributed by atoms with Gasteiger partial charge in [-0.1, -0.05) is 36.7 Å². The minimum atomic E-state index is -4.65. The van der Waals surface area contributed by atoms with E-state index in [0.29, 0.717) is 4.47 Å². The molecule has 1 heterocycles. The molecule has 0 fully saturated rings. The lowest BCUT2D eigenvalue weighted by Gasteiger charge is -2.39. The molecule has 2 rings (SSSR count). The van der Waals surface area contributed by atoms with Crippen LogP contribution in [0.25, 0.3) is 11.0 Å². The molecule has 0 amide bonds. The summed E-state index contributed by atoms with van der Waals surface area (Å²) in [5, 5.41) is -0.170. The molecular formula is C19H24BrF3O4Si. The van der Waals surface area contributed by atoms with Crippen LogP contribution in [0, 0.1) is 0 Å². The van der Waals surface area contributed by atoms with Gasteiger partial charge < -0.3 is 13.6 Å². The summed E-state index contributed by atoms with van der Waals surface area (Å²) in [5.41, 5.74) is -0.128. The highest BCUT2D eigenvalue weighted by Gasteiger charge is 2.49. The van der Waals surface area contributed by atoms with Crippen molar-refractivity contribution in [3.8, 4) is 0 Å². The van der Waals surface area contributed by atoms with E-state index in [0.717, 1.165) is 6.26 Å². The number of benzene rings is 1. The number of carbonyl (C=O) groups excluding carboxylic acids is 1. The predicted octanol–water partition coefficient (Wildman–Crippen LogP) is 7.00. The third kappa shape index (κ3) is 4.63. The van der Waals surface area contributed by atoms with Gasteiger partial charge in [0.15, 0.2) is 14.4 Å². The van der Waals surface area contributed by atoms with Gasteiger partial charge in [0, 0.05) is 15.4 Å². The Morgan fingerprint density at radius 2 is 1.86 bits per heavy atom. The summed E-state index contributed by atoms with van der Waals surface area (Å²) in [7, 11) is -2.76. The number of furan rings is 1. The molecule has 2 aromatic rings. The molecule has 0 spiro atoms. The molecule has 1 unspecified atom stereocenters. The number of hydrogen-bond acceptors (Lipinski definition) is 4. The molecule has 0 N–H and O–H groups in total. The van der Waals surface area contributed by atoms with Gasteiger partial charge in [0.25, 0.3) is 0 Å². The second-order valence-corrected chi connectivity index (χ2v) is 13.7. The number of carbonyl (C=O) groups is 1. The summed E-state index contributed by atoms with van der Waals surface area (Å²) in [4.78, 5) is 12.1. The van der Waals surface area contributed by atoms with E-state index in [1.807, 2.05) is 20.8 Å². The van der Waals surface area contributed by atoms with E-state index in [9.17, 15) is 18.0 Å². The van der Waals surface area contributed by atoms with Crippen molar-refractivity contribution in [2.45, 2.75) is 58.1 Å². The Balaban J connectivity index is 2.66. The Labute approximate surface area is 171 Å². The maximum atomic E-state index is 14.0. The Kier molecular flexibility index (Phi) is 6.42. The van der Waals surface area contributed by atoms with Gasteiger partial charge in [-0.25, -0.2) is 4.79 Å². The monoisotopic (exact) mass is 480 g/mol. The topological polar surface area (TPSA) is 48.7 Å². The third-order valence-corrected chi connectivity index (χ3v) is 9.86. The van der Waals surface area contributed by atoms with Crippen LogP contribution in [-0.2, 0) is 9.16 Å². The number of ether oxygens (including phenoxy) is 1. The fourth-order valence-electron chi connectivity index (χ4n) is 2.47. The number of halogens is 4. The number of rotatable bonds is 5. The molecule has 28 heavy (non-hydrogen) atoms. The van der Waals surface area contributed by atoms with Crippen molar-refractivity contribution in [2.24, 2.45) is 0 Å². The molecule has 1 aromatic heterocycles. The van der Waals surface area contributed by atoms with Crippen molar-refractivity contribution in [3.63, 3.8) is 0 Å². The Morgan fingerprint density at radius 3 is 2.36 bits per heavy atom. The number of alkyl halides is 3. The molecular weight excluding hydrogens is 457 g/mol. The van der Waals surface area contributed by atoms with Crippen LogP contribution in [-0.4, -0.2) is 27.1 Å². The Morgan fingerprint density at radius 1 is 1.25 bits per heavy atom. The van der Waals surface area contributed by atoms with E-state index >= 15 is 0 Å². The van der Waals surface area contributed by atoms with Gasteiger partial charge in [0.1, 0.15) is 17.4 Å². The van der Waals surface area contributed by atoms with Crippen LogP contribution in [0.1, 0.15) is 49.7 Å². The fraction of sp³-hybridized carbons (Fsp3) is 0.526. The fourth-order valence-corrected chi connectivity index (χ4v) is 4.15. The van der Waals surface area contributed by atoms with Crippen molar-refractivity contribution < 1.29 is 31.5 Å². The summed E-state index contributed by atoms with van der Waals surface area (Å²) < 4.78 is 58.5. The molecule has 0 radical (unpaired) electrons. The average molecular weight is 481 g/mol. The summed E-state index contributed by atoms with van der Waals surface area (Å²) in [6, 6.07) is 2.86. The van der Waals surface area contributed by atoms with E-state index in [1.54, 1.807) is 20.0 Å². The largest absolute Gasteiger partial charge is 0.463 e. The lowest BCUT2D eigenvalue weighted by Crippen LogP contribution is -2.44. The quantitative estimate of drug-likeness (QED) is 0.341. The van der Waals surface area contributed by atoms with E-state index in [4.69, 9.17) is 13.6 Å². The molecule has 0 saturated heterocycles. The average Bonchev–Trinajstić information content (AvgIpc) is 2.93. The standard InChI is InChI=1S/C19H24BrF3O4Si/c1-7-25-17(24)14-10-26-15-12(14)8-11(20)9-13(15)16(19(21,22)23)27-28(5,6)18(2,3)4/h8-10,16H,7H2,1-6H3. The van der Waals surface area contributed by atoms with Gasteiger partial charge in [0.2, 0.25) is 0 Å². The molecule has 1 aromatic carbocycles. The zero-order valence-corrected chi connectivity index (χ0v) is 19.2. The molecule has 0 saturated carbocycles. The van der Waals surface area contributed by atoms with Gasteiger partial charge in [-0.05, 0) is 37.2 Å². The molecule has 0 aliphatic heterocycles. The van der Waals surface area contributed by atoms with Gasteiger partial charge in [0.05, 0.1) is 6.61 Å². The van der Waals surface area contributed by atoms with Crippen molar-refractivity contribution in [1.82, 2.24) is 0 Å². The molecule has 0 aliphatic carbocycles. The molecule has 0 bridgehead atoms. The van der Waals surface area contributed by atoms with Gasteiger partial charge in [-0.2, -0.15) is 13.2 Å². The number of hydrogen-bond donors (Lipinski definition) is 0. The van der Waals surface area contributed by atoms with Gasteiger partial charge in [-0.3, -0.25) is 0 Å². The van der Waals surface area contributed by atoms with Gasteiger partial charge in [-0.15, -0.1) is 0 Å². The smallest absolute Gasteiger partial charge is 0.417 e. The minimum Gasteiger partial charge on any atom is -0.463 e. The Bertz CT molecular complexity index is 868. The van der Waals surface area contributed by atoms with Crippen LogP contribution in [0.5, 0.6) is 0 Å². The van der Waals surface area contributed by atoms with Crippen molar-refractivity contribution in [1.29, 1.82) is 0 Å². The zero-order chi connectivity index (χ0) is 21.5. The van der Waals surface area contributed by atoms with Crippen LogP contribution >= 0.6 is 15.9 Å². The lowest BCUT2D eigenvalue weighted by molar-refractivity contribution is -0.201. The van der Waals surface area contributed by atoms with Crippen molar-refractivity contribution >= 4 is 41.2 Å². The molecule has 9 heteroatoms. The first-order valence-electron chi connectivity index (χ1n) is 8.81. The van der Waals surface area contributed by atoms with Gasteiger partial charge >= 0.3 is 12.1 Å². The molecule has 0 aliphatic rings. The molecule has 156 valence electrons. The third-order valence-electron chi connectivity index (χ3n) is 4.96. The predicted molar refractivity (Wildman–Crippen MR) is 107 cm³/mol. The Hall–Kier alpha value is -1.32. The highest BCUT2D eigenvalue weighted by atomic mass is 79.9. The summed E-state index contributed by atoms with van der Waals surface area (Å²) >= 11 is 3.24. The van der Waals surface area contributed by atoms with Crippen LogP contribution in [0.4, 0.5) is 13.2 Å². The maximum Gasteiger partial charge on any atom is 0.417 e. The van der Waals surface area contributed by atoms with Crippen LogP contribution in [0.15, 0.2) is 27.3 Å². The second-order valence-electron chi connectivity index (χ2n) is 8.04. The highest BCUT2D eigenvalue weighted by Crippen LogP contribution is 2.47. The summed E-state index contributed by atoms with van der Waals surface area (Å²) in [6.45, 7) is 10.9. The lowest BCUT2D eigenvalue weighted by atomic mass is 10.0. The SMILES string of the molecule is CCOC(=O)c1coc2c(C(O[Si](C)(C)C(C)(C)C)C(F)(F)F)cc(Br)cc12.